The first-order valence-electron chi connectivity index (χ1n) is 8.63. The Morgan fingerprint density at radius 1 is 1.08 bits per heavy atom. The van der Waals surface area contributed by atoms with Crippen molar-refractivity contribution in [2.75, 3.05) is 36.5 Å². The molecule has 4 rings (SSSR count). The second-order valence-corrected chi connectivity index (χ2v) is 6.18. The number of aromatic nitrogens is 2. The van der Waals surface area contributed by atoms with Crippen molar-refractivity contribution >= 4 is 23.0 Å². The van der Waals surface area contributed by atoms with Crippen molar-refractivity contribution in [2.45, 2.75) is 19.3 Å². The molecular formula is C17H19N5O4. The van der Waals surface area contributed by atoms with E-state index in [1.54, 1.807) is 18.2 Å². The fourth-order valence-electron chi connectivity index (χ4n) is 3.22. The molecule has 136 valence electrons. The summed E-state index contributed by atoms with van der Waals surface area (Å²) >= 11 is 0. The summed E-state index contributed by atoms with van der Waals surface area (Å²) in [6.07, 6.45) is 4.51. The molecule has 1 N–H and O–H groups in total. The van der Waals surface area contributed by atoms with E-state index in [-0.39, 0.29) is 11.5 Å². The van der Waals surface area contributed by atoms with Crippen LogP contribution in [0.25, 0.3) is 0 Å². The fourth-order valence-corrected chi connectivity index (χ4v) is 3.22. The van der Waals surface area contributed by atoms with Gasteiger partial charge in [0.15, 0.2) is 11.5 Å². The highest BCUT2D eigenvalue weighted by Gasteiger charge is 2.28. The second kappa shape index (κ2) is 7.03. The molecule has 0 spiro atoms. The molecule has 0 radical (unpaired) electrons. The number of ether oxygens (including phenoxy) is 2. The number of nitro groups is 1. The fraction of sp³-hybridized carbons (Fsp3) is 0.412. The largest absolute Gasteiger partial charge is 0.486 e. The minimum Gasteiger partial charge on any atom is -0.486 e. The summed E-state index contributed by atoms with van der Waals surface area (Å²) in [7, 11) is 0. The lowest BCUT2D eigenvalue weighted by atomic mass is 10.1. The third kappa shape index (κ3) is 3.19. The first kappa shape index (κ1) is 16.4. The van der Waals surface area contributed by atoms with Crippen molar-refractivity contribution in [1.82, 2.24) is 9.97 Å². The Hall–Kier alpha value is -3.10. The molecule has 1 aromatic carbocycles. The minimum absolute atomic E-state index is 0.107. The summed E-state index contributed by atoms with van der Waals surface area (Å²) in [4.78, 5) is 21.5. The number of benzene rings is 1. The maximum absolute atomic E-state index is 11.7. The molecule has 9 heteroatoms. The summed E-state index contributed by atoms with van der Waals surface area (Å²) in [6, 6.07) is 5.30. The monoisotopic (exact) mass is 357 g/mol. The van der Waals surface area contributed by atoms with E-state index in [9.17, 15) is 10.1 Å². The SMILES string of the molecule is O=[N+]([O-])c1c(Nc2ccc3c(c2)OCCO3)ncnc1N1CCCCC1. The predicted molar refractivity (Wildman–Crippen MR) is 95.5 cm³/mol. The molecule has 0 unspecified atom stereocenters. The van der Waals surface area contributed by atoms with Gasteiger partial charge in [0.05, 0.1) is 4.92 Å². The maximum Gasteiger partial charge on any atom is 0.353 e. The molecule has 1 fully saturated rings. The Kier molecular flexibility index (Phi) is 4.42. The van der Waals surface area contributed by atoms with Crippen LogP contribution in [0.15, 0.2) is 24.5 Å². The van der Waals surface area contributed by atoms with Crippen LogP contribution in [0.4, 0.5) is 23.0 Å². The highest BCUT2D eigenvalue weighted by Crippen LogP contribution is 2.37. The standard InChI is InChI=1S/C17H19N5O4/c23-22(24)15-16(18-11-19-17(15)21-6-2-1-3-7-21)20-12-4-5-13-14(10-12)26-9-8-25-13/h4-5,10-11H,1-3,6-9H2,(H,18,19,20). The average Bonchev–Trinajstić information content (AvgIpc) is 2.68. The highest BCUT2D eigenvalue weighted by molar-refractivity contribution is 5.75. The van der Waals surface area contributed by atoms with Gasteiger partial charge in [-0.05, 0) is 31.4 Å². The van der Waals surface area contributed by atoms with E-state index in [0.717, 1.165) is 32.4 Å². The van der Waals surface area contributed by atoms with Crippen LogP contribution in [0.2, 0.25) is 0 Å². The first-order valence-corrected chi connectivity index (χ1v) is 8.63. The normalized spacial score (nSPS) is 16.2. The Bertz CT molecular complexity index is 823. The number of fused-ring (bicyclic) bond motifs is 1. The lowest BCUT2D eigenvalue weighted by molar-refractivity contribution is -0.383. The van der Waals surface area contributed by atoms with Crippen LogP contribution in [0, 0.1) is 10.1 Å². The van der Waals surface area contributed by atoms with Gasteiger partial charge in [0.1, 0.15) is 19.5 Å². The van der Waals surface area contributed by atoms with Crippen molar-refractivity contribution in [2.24, 2.45) is 0 Å². The summed E-state index contributed by atoms with van der Waals surface area (Å²) in [5.41, 5.74) is 0.532. The number of rotatable bonds is 4. The van der Waals surface area contributed by atoms with E-state index < -0.39 is 4.92 Å². The highest BCUT2D eigenvalue weighted by atomic mass is 16.6. The zero-order valence-corrected chi connectivity index (χ0v) is 14.2. The molecule has 0 amide bonds. The lowest BCUT2D eigenvalue weighted by Crippen LogP contribution is -2.31. The number of piperidine rings is 1. The van der Waals surface area contributed by atoms with Crippen LogP contribution in [0.5, 0.6) is 11.5 Å². The number of anilines is 3. The van der Waals surface area contributed by atoms with Crippen molar-refractivity contribution in [3.8, 4) is 11.5 Å². The third-order valence-electron chi connectivity index (χ3n) is 4.45. The number of hydrogen-bond acceptors (Lipinski definition) is 8. The summed E-state index contributed by atoms with van der Waals surface area (Å²) in [5, 5.41) is 14.8. The molecule has 9 nitrogen and oxygen atoms in total. The molecule has 26 heavy (non-hydrogen) atoms. The zero-order chi connectivity index (χ0) is 17.9. The van der Waals surface area contributed by atoms with Crippen molar-refractivity contribution < 1.29 is 14.4 Å². The third-order valence-corrected chi connectivity index (χ3v) is 4.45. The summed E-state index contributed by atoms with van der Waals surface area (Å²) in [6.45, 7) is 2.52. The second-order valence-electron chi connectivity index (χ2n) is 6.18. The van der Waals surface area contributed by atoms with Crippen LogP contribution in [-0.2, 0) is 0 Å². The van der Waals surface area contributed by atoms with E-state index >= 15 is 0 Å². The van der Waals surface area contributed by atoms with E-state index in [0.29, 0.717) is 36.2 Å². The van der Waals surface area contributed by atoms with Crippen LogP contribution in [0.3, 0.4) is 0 Å². The van der Waals surface area contributed by atoms with Gasteiger partial charge in [-0.3, -0.25) is 10.1 Å². The molecule has 2 aliphatic rings. The van der Waals surface area contributed by atoms with E-state index in [1.165, 1.54) is 6.33 Å². The van der Waals surface area contributed by atoms with Gasteiger partial charge in [0, 0.05) is 24.8 Å². The van der Waals surface area contributed by atoms with Crippen LogP contribution >= 0.6 is 0 Å². The Balaban J connectivity index is 1.66. The summed E-state index contributed by atoms with van der Waals surface area (Å²) in [5.74, 6) is 1.80. The summed E-state index contributed by atoms with van der Waals surface area (Å²) < 4.78 is 11.1. The number of nitrogens with one attached hydrogen (secondary N) is 1. The Morgan fingerprint density at radius 3 is 2.62 bits per heavy atom. The molecule has 1 aromatic heterocycles. The first-order chi connectivity index (χ1) is 12.7. The van der Waals surface area contributed by atoms with Crippen LogP contribution < -0.4 is 19.7 Å². The molecule has 0 atom stereocenters. The van der Waals surface area contributed by atoms with Gasteiger partial charge in [0.25, 0.3) is 0 Å². The maximum atomic E-state index is 11.7. The van der Waals surface area contributed by atoms with Gasteiger partial charge >= 0.3 is 5.69 Å². The Labute approximate surface area is 150 Å². The quantitative estimate of drug-likeness (QED) is 0.658. The van der Waals surface area contributed by atoms with Gasteiger partial charge in [-0.15, -0.1) is 0 Å². The molecule has 2 aromatic rings. The average molecular weight is 357 g/mol. The van der Waals surface area contributed by atoms with Gasteiger partial charge in [-0.25, -0.2) is 9.97 Å². The van der Waals surface area contributed by atoms with Gasteiger partial charge < -0.3 is 19.7 Å². The predicted octanol–water partition coefficient (Wildman–Crippen LogP) is 2.89. The van der Waals surface area contributed by atoms with Crippen LogP contribution in [-0.4, -0.2) is 41.2 Å². The van der Waals surface area contributed by atoms with E-state index in [1.807, 2.05) is 4.90 Å². The van der Waals surface area contributed by atoms with Crippen molar-refractivity contribution in [1.29, 1.82) is 0 Å². The molecular weight excluding hydrogens is 338 g/mol. The minimum atomic E-state index is -0.426. The molecule has 0 aliphatic carbocycles. The molecule has 2 aliphatic heterocycles. The lowest BCUT2D eigenvalue weighted by Gasteiger charge is -2.27. The Morgan fingerprint density at radius 2 is 1.85 bits per heavy atom. The van der Waals surface area contributed by atoms with E-state index in [2.05, 4.69) is 15.3 Å². The number of nitrogens with zero attached hydrogens (tertiary/aromatic N) is 4. The molecule has 1 saturated heterocycles. The van der Waals surface area contributed by atoms with Gasteiger partial charge in [-0.1, -0.05) is 0 Å². The molecule has 0 bridgehead atoms. The topological polar surface area (TPSA) is 103 Å². The van der Waals surface area contributed by atoms with Crippen LogP contribution in [0.1, 0.15) is 19.3 Å². The van der Waals surface area contributed by atoms with Gasteiger partial charge in [0.2, 0.25) is 11.6 Å². The van der Waals surface area contributed by atoms with Crippen molar-refractivity contribution in [3.05, 3.63) is 34.6 Å². The zero-order valence-electron chi connectivity index (χ0n) is 14.2. The molecule has 0 saturated carbocycles. The smallest absolute Gasteiger partial charge is 0.353 e. The van der Waals surface area contributed by atoms with Crippen molar-refractivity contribution in [3.63, 3.8) is 0 Å². The van der Waals surface area contributed by atoms with E-state index in [4.69, 9.17) is 9.47 Å². The molecule has 3 heterocycles. The van der Waals surface area contributed by atoms with Gasteiger partial charge in [-0.2, -0.15) is 0 Å². The number of hydrogen-bond donors (Lipinski definition) is 1.